The van der Waals surface area contributed by atoms with E-state index in [0.29, 0.717) is 17.9 Å². The fourth-order valence-corrected chi connectivity index (χ4v) is 2.52. The van der Waals surface area contributed by atoms with Crippen LogP contribution in [0.4, 0.5) is 0 Å². The van der Waals surface area contributed by atoms with Crippen molar-refractivity contribution in [1.29, 1.82) is 0 Å². The molecule has 1 heterocycles. The minimum atomic E-state index is 0.351. The Morgan fingerprint density at radius 3 is 2.26 bits per heavy atom. The van der Waals surface area contributed by atoms with Crippen molar-refractivity contribution in [2.75, 3.05) is 39.3 Å². The van der Waals surface area contributed by atoms with E-state index in [0.717, 1.165) is 26.2 Å². The molecule has 0 aromatic rings. The van der Waals surface area contributed by atoms with E-state index in [1.807, 2.05) is 0 Å². The zero-order valence-electron chi connectivity index (χ0n) is 13.5. The number of nitrogens with zero attached hydrogens (tertiary/aromatic N) is 1. The Kier molecular flexibility index (Phi) is 8.67. The number of piperidine rings is 1. The van der Waals surface area contributed by atoms with Gasteiger partial charge in [0.15, 0.2) is 0 Å². The van der Waals surface area contributed by atoms with E-state index < -0.39 is 0 Å². The summed E-state index contributed by atoms with van der Waals surface area (Å²) in [5.41, 5.74) is 0. The lowest BCUT2D eigenvalue weighted by molar-refractivity contribution is 0.00884. The summed E-state index contributed by atoms with van der Waals surface area (Å²) < 4.78 is 6.08. The summed E-state index contributed by atoms with van der Waals surface area (Å²) in [7, 11) is 0. The van der Waals surface area contributed by atoms with Crippen molar-refractivity contribution in [2.45, 2.75) is 53.1 Å². The topological polar surface area (TPSA) is 24.5 Å². The number of ether oxygens (including phenoxy) is 1. The quantitative estimate of drug-likeness (QED) is 0.697. The zero-order valence-corrected chi connectivity index (χ0v) is 13.5. The molecule has 1 N–H and O–H groups in total. The summed E-state index contributed by atoms with van der Waals surface area (Å²) in [6.45, 7) is 15.6. The molecule has 0 radical (unpaired) electrons. The lowest BCUT2D eigenvalue weighted by atomic mass is 10.1. The maximum absolute atomic E-state index is 6.08. The number of nitrogens with one attached hydrogen (secondary N) is 1. The first-order valence-electron chi connectivity index (χ1n) is 8.14. The van der Waals surface area contributed by atoms with Crippen LogP contribution in [-0.4, -0.2) is 50.3 Å². The van der Waals surface area contributed by atoms with Gasteiger partial charge in [-0.3, -0.25) is 0 Å². The van der Waals surface area contributed by atoms with Crippen LogP contribution in [0.5, 0.6) is 0 Å². The standard InChI is InChI=1S/C16H34N2O/c1-14(2)12-17-13-16(15(3)4)19-11-10-18-8-6-5-7-9-18/h14-17H,5-13H2,1-4H3. The molecule has 1 rings (SSSR count). The van der Waals surface area contributed by atoms with Crippen LogP contribution in [0, 0.1) is 11.8 Å². The predicted molar refractivity (Wildman–Crippen MR) is 82.6 cm³/mol. The smallest absolute Gasteiger partial charge is 0.0722 e. The van der Waals surface area contributed by atoms with Crippen LogP contribution in [0.2, 0.25) is 0 Å². The molecule has 0 aromatic carbocycles. The summed E-state index contributed by atoms with van der Waals surface area (Å²) in [5.74, 6) is 1.29. The van der Waals surface area contributed by atoms with Crippen LogP contribution in [-0.2, 0) is 4.74 Å². The highest BCUT2D eigenvalue weighted by Crippen LogP contribution is 2.09. The van der Waals surface area contributed by atoms with Crippen LogP contribution >= 0.6 is 0 Å². The van der Waals surface area contributed by atoms with E-state index in [2.05, 4.69) is 37.9 Å². The third-order valence-electron chi connectivity index (χ3n) is 3.83. The lowest BCUT2D eigenvalue weighted by Gasteiger charge is -2.28. The van der Waals surface area contributed by atoms with Gasteiger partial charge in [-0.2, -0.15) is 0 Å². The first-order chi connectivity index (χ1) is 9.09. The van der Waals surface area contributed by atoms with E-state index in [1.54, 1.807) is 0 Å². The number of rotatable bonds is 9. The van der Waals surface area contributed by atoms with Crippen LogP contribution in [0.1, 0.15) is 47.0 Å². The number of hydrogen-bond donors (Lipinski definition) is 1. The van der Waals surface area contributed by atoms with Crippen molar-refractivity contribution in [1.82, 2.24) is 10.2 Å². The summed E-state index contributed by atoms with van der Waals surface area (Å²) in [4.78, 5) is 2.54. The Bertz CT molecular complexity index is 213. The number of likely N-dealkylation sites (tertiary alicyclic amines) is 1. The molecule has 0 saturated carbocycles. The van der Waals surface area contributed by atoms with E-state index in [4.69, 9.17) is 4.74 Å². The van der Waals surface area contributed by atoms with Crippen molar-refractivity contribution < 1.29 is 4.74 Å². The molecule has 0 aromatic heterocycles. The highest BCUT2D eigenvalue weighted by Gasteiger charge is 2.15. The van der Waals surface area contributed by atoms with Gasteiger partial charge in [0.2, 0.25) is 0 Å². The second-order valence-corrected chi connectivity index (χ2v) is 6.61. The normalized spacial score (nSPS) is 19.3. The first kappa shape index (κ1) is 16.9. The van der Waals surface area contributed by atoms with Crippen molar-refractivity contribution >= 4 is 0 Å². The van der Waals surface area contributed by atoms with Gasteiger partial charge in [0.05, 0.1) is 12.7 Å². The Hall–Kier alpha value is -0.120. The fraction of sp³-hybridized carbons (Fsp3) is 1.00. The first-order valence-corrected chi connectivity index (χ1v) is 8.14. The molecular formula is C16H34N2O. The maximum Gasteiger partial charge on any atom is 0.0722 e. The second kappa shape index (κ2) is 9.73. The molecule has 0 spiro atoms. The predicted octanol–water partition coefficient (Wildman–Crippen LogP) is 2.76. The van der Waals surface area contributed by atoms with Gasteiger partial charge in [0.25, 0.3) is 0 Å². The molecule has 0 bridgehead atoms. The van der Waals surface area contributed by atoms with Gasteiger partial charge in [-0.1, -0.05) is 34.1 Å². The Balaban J connectivity index is 2.13. The lowest BCUT2D eigenvalue weighted by Crippen LogP contribution is -2.38. The SMILES string of the molecule is CC(C)CNCC(OCCN1CCCCC1)C(C)C. The van der Waals surface area contributed by atoms with Gasteiger partial charge in [0, 0.05) is 13.1 Å². The van der Waals surface area contributed by atoms with Gasteiger partial charge < -0.3 is 15.0 Å². The van der Waals surface area contributed by atoms with Crippen LogP contribution < -0.4 is 5.32 Å². The molecule has 3 heteroatoms. The van der Waals surface area contributed by atoms with Crippen molar-refractivity contribution in [2.24, 2.45) is 11.8 Å². The molecule has 114 valence electrons. The van der Waals surface area contributed by atoms with E-state index in [1.165, 1.54) is 32.4 Å². The van der Waals surface area contributed by atoms with E-state index >= 15 is 0 Å². The summed E-state index contributed by atoms with van der Waals surface area (Å²) in [5, 5.41) is 3.52. The average molecular weight is 270 g/mol. The molecule has 0 amide bonds. The molecule has 1 fully saturated rings. The highest BCUT2D eigenvalue weighted by molar-refractivity contribution is 4.68. The van der Waals surface area contributed by atoms with Crippen molar-refractivity contribution in [3.8, 4) is 0 Å². The zero-order chi connectivity index (χ0) is 14.1. The molecule has 19 heavy (non-hydrogen) atoms. The van der Waals surface area contributed by atoms with Gasteiger partial charge in [0.1, 0.15) is 0 Å². The van der Waals surface area contributed by atoms with E-state index in [-0.39, 0.29) is 0 Å². The molecule has 0 aliphatic carbocycles. The largest absolute Gasteiger partial charge is 0.375 e. The molecule has 1 unspecified atom stereocenters. The maximum atomic E-state index is 6.08. The summed E-state index contributed by atoms with van der Waals surface area (Å²) >= 11 is 0. The molecule has 1 atom stereocenters. The monoisotopic (exact) mass is 270 g/mol. The second-order valence-electron chi connectivity index (χ2n) is 6.61. The minimum Gasteiger partial charge on any atom is -0.375 e. The molecule has 1 saturated heterocycles. The molecule has 1 aliphatic rings. The third-order valence-corrected chi connectivity index (χ3v) is 3.83. The Morgan fingerprint density at radius 1 is 1.00 bits per heavy atom. The Morgan fingerprint density at radius 2 is 1.68 bits per heavy atom. The fourth-order valence-electron chi connectivity index (χ4n) is 2.52. The van der Waals surface area contributed by atoms with Gasteiger partial charge in [-0.15, -0.1) is 0 Å². The third kappa shape index (κ3) is 7.91. The van der Waals surface area contributed by atoms with Crippen LogP contribution in [0.3, 0.4) is 0 Å². The average Bonchev–Trinajstić information content (AvgIpc) is 2.37. The van der Waals surface area contributed by atoms with Crippen LogP contribution in [0.15, 0.2) is 0 Å². The van der Waals surface area contributed by atoms with Gasteiger partial charge in [-0.25, -0.2) is 0 Å². The minimum absolute atomic E-state index is 0.351. The van der Waals surface area contributed by atoms with Gasteiger partial charge in [-0.05, 0) is 44.3 Å². The van der Waals surface area contributed by atoms with Crippen LogP contribution in [0.25, 0.3) is 0 Å². The summed E-state index contributed by atoms with van der Waals surface area (Å²) in [6.07, 6.45) is 4.49. The van der Waals surface area contributed by atoms with E-state index in [9.17, 15) is 0 Å². The molecule has 3 nitrogen and oxygen atoms in total. The van der Waals surface area contributed by atoms with Gasteiger partial charge >= 0.3 is 0 Å². The molecular weight excluding hydrogens is 236 g/mol. The van der Waals surface area contributed by atoms with Crippen molar-refractivity contribution in [3.63, 3.8) is 0 Å². The highest BCUT2D eigenvalue weighted by atomic mass is 16.5. The Labute approximate surface area is 120 Å². The van der Waals surface area contributed by atoms with Crippen molar-refractivity contribution in [3.05, 3.63) is 0 Å². The number of hydrogen-bond acceptors (Lipinski definition) is 3. The summed E-state index contributed by atoms with van der Waals surface area (Å²) in [6, 6.07) is 0. The molecule has 1 aliphatic heterocycles.